The highest BCUT2D eigenvalue weighted by atomic mass is 16.5. The molecule has 2 rings (SSSR count). The summed E-state index contributed by atoms with van der Waals surface area (Å²) in [5.41, 5.74) is 1.71. The van der Waals surface area contributed by atoms with E-state index >= 15 is 0 Å². The fraction of sp³-hybridized carbons (Fsp3) is 0.348. The number of Topliss-reactive ketones (excluding diaryl/α,β-unsaturated/α-hetero) is 1. The second kappa shape index (κ2) is 11.0. The lowest BCUT2D eigenvalue weighted by molar-refractivity contribution is -0.145. The van der Waals surface area contributed by atoms with Crippen LogP contribution >= 0.6 is 0 Å². The predicted molar refractivity (Wildman–Crippen MR) is 108 cm³/mol. The standard InChI is InChI=1S/C23H27NO4/c1-17(16-18-10-5-3-6-11-18)22(26)24-20(23(27)28-2)14-9-15-21(25)19-12-7-4-8-13-19/h3-8,10-13,17,20H,9,14-16H2,1-2H3,(H,24,26)/t17-,20-/m0/s1. The molecule has 0 unspecified atom stereocenters. The van der Waals surface area contributed by atoms with Gasteiger partial charge in [-0.1, -0.05) is 67.6 Å². The van der Waals surface area contributed by atoms with Gasteiger partial charge in [0.2, 0.25) is 5.91 Å². The van der Waals surface area contributed by atoms with Gasteiger partial charge in [-0.15, -0.1) is 0 Å². The number of hydrogen-bond donors (Lipinski definition) is 1. The molecular weight excluding hydrogens is 354 g/mol. The minimum Gasteiger partial charge on any atom is -0.467 e. The molecule has 0 saturated heterocycles. The van der Waals surface area contributed by atoms with Gasteiger partial charge in [0.05, 0.1) is 7.11 Å². The van der Waals surface area contributed by atoms with E-state index < -0.39 is 12.0 Å². The lowest BCUT2D eigenvalue weighted by Gasteiger charge is -2.19. The number of ketones is 1. The first kappa shape index (κ1) is 21.4. The molecule has 0 radical (unpaired) electrons. The lowest BCUT2D eigenvalue weighted by Crippen LogP contribution is -2.44. The first-order chi connectivity index (χ1) is 13.5. The van der Waals surface area contributed by atoms with Crippen LogP contribution in [0.4, 0.5) is 0 Å². The molecule has 5 nitrogen and oxygen atoms in total. The molecule has 148 valence electrons. The van der Waals surface area contributed by atoms with Crippen molar-refractivity contribution in [2.75, 3.05) is 7.11 Å². The number of benzene rings is 2. The van der Waals surface area contributed by atoms with Crippen molar-refractivity contribution < 1.29 is 19.1 Å². The fourth-order valence-corrected chi connectivity index (χ4v) is 3.00. The number of ether oxygens (including phenoxy) is 1. The Morgan fingerprint density at radius 3 is 2.18 bits per heavy atom. The van der Waals surface area contributed by atoms with Crippen molar-refractivity contribution in [3.05, 3.63) is 71.8 Å². The zero-order valence-corrected chi connectivity index (χ0v) is 16.4. The van der Waals surface area contributed by atoms with Crippen LogP contribution in [-0.4, -0.2) is 30.8 Å². The molecule has 2 atom stereocenters. The third-order valence-electron chi connectivity index (χ3n) is 4.63. The van der Waals surface area contributed by atoms with Crippen molar-refractivity contribution in [3.8, 4) is 0 Å². The van der Waals surface area contributed by atoms with Gasteiger partial charge in [-0.2, -0.15) is 0 Å². The molecule has 5 heteroatoms. The van der Waals surface area contributed by atoms with E-state index in [1.54, 1.807) is 12.1 Å². The van der Waals surface area contributed by atoms with E-state index in [0.29, 0.717) is 31.2 Å². The largest absolute Gasteiger partial charge is 0.467 e. The van der Waals surface area contributed by atoms with Crippen molar-refractivity contribution >= 4 is 17.7 Å². The first-order valence-corrected chi connectivity index (χ1v) is 9.51. The molecule has 28 heavy (non-hydrogen) atoms. The quantitative estimate of drug-likeness (QED) is 0.504. The molecule has 2 aromatic rings. The number of rotatable bonds is 10. The highest BCUT2D eigenvalue weighted by Gasteiger charge is 2.24. The second-order valence-electron chi connectivity index (χ2n) is 6.86. The molecule has 0 bridgehead atoms. The Labute approximate surface area is 166 Å². The molecule has 2 aromatic carbocycles. The number of hydrogen-bond acceptors (Lipinski definition) is 4. The Kier molecular flexibility index (Phi) is 8.40. The van der Waals surface area contributed by atoms with Crippen molar-refractivity contribution in [2.45, 2.75) is 38.6 Å². The Balaban J connectivity index is 1.87. The van der Waals surface area contributed by atoms with Crippen LogP contribution in [0.15, 0.2) is 60.7 Å². The maximum absolute atomic E-state index is 12.5. The SMILES string of the molecule is COC(=O)[C@H](CCCC(=O)c1ccccc1)NC(=O)[C@@H](C)Cc1ccccc1. The van der Waals surface area contributed by atoms with Crippen LogP contribution in [0.3, 0.4) is 0 Å². The Hall–Kier alpha value is -2.95. The minimum absolute atomic E-state index is 0.0213. The summed E-state index contributed by atoms with van der Waals surface area (Å²) in [4.78, 5) is 36.8. The van der Waals surface area contributed by atoms with E-state index in [4.69, 9.17) is 4.74 Å². The number of nitrogens with one attached hydrogen (secondary N) is 1. The van der Waals surface area contributed by atoms with E-state index in [0.717, 1.165) is 5.56 Å². The summed E-state index contributed by atoms with van der Waals surface area (Å²) in [5, 5.41) is 2.78. The molecule has 0 spiro atoms. The zero-order chi connectivity index (χ0) is 20.4. The van der Waals surface area contributed by atoms with E-state index in [9.17, 15) is 14.4 Å². The zero-order valence-electron chi connectivity index (χ0n) is 16.4. The Morgan fingerprint density at radius 2 is 1.57 bits per heavy atom. The fourth-order valence-electron chi connectivity index (χ4n) is 3.00. The van der Waals surface area contributed by atoms with Gasteiger partial charge in [0.25, 0.3) is 0 Å². The highest BCUT2D eigenvalue weighted by molar-refractivity contribution is 5.96. The highest BCUT2D eigenvalue weighted by Crippen LogP contribution is 2.12. The molecule has 0 heterocycles. The van der Waals surface area contributed by atoms with E-state index in [1.807, 2.05) is 55.5 Å². The summed E-state index contributed by atoms with van der Waals surface area (Å²) in [5.74, 6) is -0.949. The van der Waals surface area contributed by atoms with E-state index in [2.05, 4.69) is 5.32 Å². The van der Waals surface area contributed by atoms with E-state index in [-0.39, 0.29) is 17.6 Å². The third kappa shape index (κ3) is 6.65. The van der Waals surface area contributed by atoms with Crippen LogP contribution in [0.2, 0.25) is 0 Å². The normalized spacial score (nSPS) is 12.6. The van der Waals surface area contributed by atoms with Gasteiger partial charge >= 0.3 is 5.97 Å². The van der Waals surface area contributed by atoms with Crippen molar-refractivity contribution in [2.24, 2.45) is 5.92 Å². The maximum atomic E-state index is 12.5. The number of carbonyl (C=O) groups is 3. The van der Waals surface area contributed by atoms with Gasteiger partial charge in [0.15, 0.2) is 5.78 Å². The number of methoxy groups -OCH3 is 1. The van der Waals surface area contributed by atoms with Crippen molar-refractivity contribution in [1.82, 2.24) is 5.32 Å². The van der Waals surface area contributed by atoms with Crippen molar-refractivity contribution in [1.29, 1.82) is 0 Å². The van der Waals surface area contributed by atoms with Crippen LogP contribution < -0.4 is 5.32 Å². The summed E-state index contributed by atoms with van der Waals surface area (Å²) >= 11 is 0. The molecule has 0 saturated carbocycles. The molecule has 0 aliphatic heterocycles. The van der Waals surface area contributed by atoms with Crippen LogP contribution in [0.1, 0.15) is 42.1 Å². The minimum atomic E-state index is -0.751. The lowest BCUT2D eigenvalue weighted by atomic mass is 9.99. The van der Waals surface area contributed by atoms with Crippen LogP contribution in [-0.2, 0) is 20.7 Å². The summed E-state index contributed by atoms with van der Waals surface area (Å²) < 4.78 is 4.81. The van der Waals surface area contributed by atoms with Crippen molar-refractivity contribution in [3.63, 3.8) is 0 Å². The number of esters is 1. The van der Waals surface area contributed by atoms with Gasteiger partial charge in [0.1, 0.15) is 6.04 Å². The van der Waals surface area contributed by atoms with Gasteiger partial charge in [-0.3, -0.25) is 9.59 Å². The maximum Gasteiger partial charge on any atom is 0.328 e. The summed E-state index contributed by atoms with van der Waals surface area (Å²) in [6, 6.07) is 18.0. The number of carbonyl (C=O) groups excluding carboxylic acids is 3. The van der Waals surface area contributed by atoms with Gasteiger partial charge in [0, 0.05) is 17.9 Å². The van der Waals surface area contributed by atoms with Gasteiger partial charge < -0.3 is 10.1 Å². The summed E-state index contributed by atoms with van der Waals surface area (Å²) in [6.45, 7) is 1.83. The van der Waals surface area contributed by atoms with Gasteiger partial charge in [-0.05, 0) is 24.8 Å². The van der Waals surface area contributed by atoms with E-state index in [1.165, 1.54) is 7.11 Å². The molecule has 0 aliphatic rings. The first-order valence-electron chi connectivity index (χ1n) is 9.51. The monoisotopic (exact) mass is 381 g/mol. The Bertz CT molecular complexity index is 774. The molecule has 1 amide bonds. The molecule has 1 N–H and O–H groups in total. The molecule has 0 aliphatic carbocycles. The average molecular weight is 381 g/mol. The molecule has 0 aromatic heterocycles. The summed E-state index contributed by atoms with van der Waals surface area (Å²) in [7, 11) is 1.30. The number of amides is 1. The smallest absolute Gasteiger partial charge is 0.328 e. The van der Waals surface area contributed by atoms with Crippen LogP contribution in [0, 0.1) is 5.92 Å². The molecular formula is C23H27NO4. The predicted octanol–water partition coefficient (Wildman–Crippen LogP) is 3.58. The van der Waals surface area contributed by atoms with Crippen LogP contribution in [0.25, 0.3) is 0 Å². The topological polar surface area (TPSA) is 72.5 Å². The van der Waals surface area contributed by atoms with Crippen LogP contribution in [0.5, 0.6) is 0 Å². The summed E-state index contributed by atoms with van der Waals surface area (Å²) in [6.07, 6.45) is 1.75. The second-order valence-corrected chi connectivity index (χ2v) is 6.86. The average Bonchev–Trinajstić information content (AvgIpc) is 2.73. The van der Waals surface area contributed by atoms with Gasteiger partial charge in [-0.25, -0.2) is 4.79 Å². The Morgan fingerprint density at radius 1 is 0.964 bits per heavy atom. The molecule has 0 fully saturated rings. The third-order valence-corrected chi connectivity index (χ3v) is 4.63.